The number of nitrogens with two attached hydrogens (primary N) is 1. The predicted molar refractivity (Wildman–Crippen MR) is 58.1 cm³/mol. The number of methoxy groups -OCH3 is 1. The summed E-state index contributed by atoms with van der Waals surface area (Å²) in [5.41, 5.74) is 4.97. The number of nitrogens with one attached hydrogen (secondary N) is 2. The molecule has 0 aromatic carbocycles. The van der Waals surface area contributed by atoms with Gasteiger partial charge in [-0.3, -0.25) is 4.79 Å². The van der Waals surface area contributed by atoms with Gasteiger partial charge in [0.1, 0.15) is 0 Å². The van der Waals surface area contributed by atoms with Crippen molar-refractivity contribution in [1.29, 1.82) is 0 Å². The van der Waals surface area contributed by atoms with Gasteiger partial charge in [0.2, 0.25) is 5.75 Å². The molecular weight excluding hydrogens is 196 g/mol. The maximum absolute atomic E-state index is 11.3. The van der Waals surface area contributed by atoms with Crippen molar-refractivity contribution in [2.75, 3.05) is 25.5 Å². The van der Waals surface area contributed by atoms with Gasteiger partial charge < -0.3 is 20.8 Å². The van der Waals surface area contributed by atoms with E-state index in [-0.39, 0.29) is 11.3 Å². The Bertz CT molecular complexity index is 386. The lowest BCUT2D eigenvalue weighted by atomic mass is 10.4. The van der Waals surface area contributed by atoms with Gasteiger partial charge in [0, 0.05) is 13.1 Å². The van der Waals surface area contributed by atoms with E-state index in [0.717, 1.165) is 0 Å². The van der Waals surface area contributed by atoms with Gasteiger partial charge >= 0.3 is 0 Å². The van der Waals surface area contributed by atoms with E-state index < -0.39 is 0 Å². The number of aromatic nitrogens is 2. The number of anilines is 1. The molecule has 1 rings (SSSR count). The van der Waals surface area contributed by atoms with E-state index in [4.69, 9.17) is 10.5 Å². The lowest BCUT2D eigenvalue weighted by Crippen LogP contribution is -2.14. The summed E-state index contributed by atoms with van der Waals surface area (Å²) in [5, 5.41) is 2.94. The molecule has 82 valence electrons. The molecule has 0 bridgehead atoms. The number of nitrogens with zero attached hydrogens (tertiary/aromatic N) is 1. The van der Waals surface area contributed by atoms with Crippen molar-refractivity contribution >= 4 is 5.82 Å². The summed E-state index contributed by atoms with van der Waals surface area (Å²) in [6, 6.07) is 0. The minimum absolute atomic E-state index is 0.179. The van der Waals surface area contributed by atoms with Gasteiger partial charge in [0.25, 0.3) is 5.56 Å². The van der Waals surface area contributed by atoms with Gasteiger partial charge in [-0.1, -0.05) is 12.2 Å². The lowest BCUT2D eigenvalue weighted by Gasteiger charge is -2.06. The van der Waals surface area contributed by atoms with Crippen molar-refractivity contribution in [2.24, 2.45) is 5.73 Å². The number of aromatic amines is 1. The van der Waals surface area contributed by atoms with Crippen LogP contribution in [0.15, 0.2) is 23.3 Å². The van der Waals surface area contributed by atoms with Crippen molar-refractivity contribution in [3.05, 3.63) is 28.8 Å². The highest BCUT2D eigenvalue weighted by atomic mass is 16.5. The van der Waals surface area contributed by atoms with Crippen LogP contribution >= 0.6 is 0 Å². The number of hydrogen-bond donors (Lipinski definition) is 3. The fraction of sp³-hybridized carbons (Fsp3) is 0.333. The molecule has 1 aromatic heterocycles. The fourth-order valence-electron chi connectivity index (χ4n) is 1.04. The van der Waals surface area contributed by atoms with Crippen LogP contribution in [0.5, 0.6) is 5.75 Å². The third-order valence-electron chi connectivity index (χ3n) is 1.70. The molecule has 1 heterocycles. The van der Waals surface area contributed by atoms with Gasteiger partial charge in [-0.05, 0) is 0 Å². The molecule has 0 radical (unpaired) electrons. The normalized spacial score (nSPS) is 10.5. The number of rotatable bonds is 5. The Morgan fingerprint density at radius 2 is 2.47 bits per heavy atom. The molecule has 0 aliphatic rings. The van der Waals surface area contributed by atoms with Crippen molar-refractivity contribution in [1.82, 2.24) is 9.97 Å². The minimum atomic E-state index is -0.308. The lowest BCUT2D eigenvalue weighted by molar-refractivity contribution is 0.408. The number of hydrogen-bond acceptors (Lipinski definition) is 5. The molecule has 0 atom stereocenters. The highest BCUT2D eigenvalue weighted by Crippen LogP contribution is 2.13. The summed E-state index contributed by atoms with van der Waals surface area (Å²) in [7, 11) is 1.42. The highest BCUT2D eigenvalue weighted by Gasteiger charge is 2.06. The summed E-state index contributed by atoms with van der Waals surface area (Å²) in [6.45, 7) is 1.03. The van der Waals surface area contributed by atoms with E-state index in [0.29, 0.717) is 18.9 Å². The van der Waals surface area contributed by atoms with Crippen molar-refractivity contribution in [3.63, 3.8) is 0 Å². The van der Waals surface area contributed by atoms with Crippen LogP contribution in [0.25, 0.3) is 0 Å². The summed E-state index contributed by atoms with van der Waals surface area (Å²) in [4.78, 5) is 17.6. The van der Waals surface area contributed by atoms with Crippen LogP contribution < -0.4 is 21.3 Å². The van der Waals surface area contributed by atoms with Crippen LogP contribution in [0.2, 0.25) is 0 Å². The highest BCUT2D eigenvalue weighted by molar-refractivity contribution is 5.48. The van der Waals surface area contributed by atoms with Gasteiger partial charge in [0.15, 0.2) is 5.82 Å². The Morgan fingerprint density at radius 1 is 1.67 bits per heavy atom. The minimum Gasteiger partial charge on any atom is -0.489 e. The van der Waals surface area contributed by atoms with Crippen molar-refractivity contribution in [2.45, 2.75) is 0 Å². The second-order valence-electron chi connectivity index (χ2n) is 2.70. The first-order valence-corrected chi connectivity index (χ1v) is 4.50. The Morgan fingerprint density at radius 3 is 3.13 bits per heavy atom. The zero-order chi connectivity index (χ0) is 11.1. The van der Waals surface area contributed by atoms with E-state index in [2.05, 4.69) is 15.3 Å². The second kappa shape index (κ2) is 5.82. The van der Waals surface area contributed by atoms with Crippen LogP contribution in [-0.2, 0) is 0 Å². The zero-order valence-electron chi connectivity index (χ0n) is 8.49. The average molecular weight is 210 g/mol. The Labute approximate surface area is 87.2 Å². The van der Waals surface area contributed by atoms with E-state index in [9.17, 15) is 4.79 Å². The third-order valence-corrected chi connectivity index (χ3v) is 1.70. The summed E-state index contributed by atoms with van der Waals surface area (Å²) in [6.07, 6.45) is 4.98. The molecule has 0 spiro atoms. The van der Waals surface area contributed by atoms with Crippen LogP contribution in [0, 0.1) is 0 Å². The summed E-state index contributed by atoms with van der Waals surface area (Å²) < 4.78 is 4.92. The van der Waals surface area contributed by atoms with Crippen LogP contribution in [0.1, 0.15) is 0 Å². The number of H-pyrrole nitrogens is 1. The maximum atomic E-state index is 11.3. The van der Waals surface area contributed by atoms with E-state index >= 15 is 0 Å². The molecule has 4 N–H and O–H groups in total. The van der Waals surface area contributed by atoms with Gasteiger partial charge in [-0.2, -0.15) is 0 Å². The molecule has 0 unspecified atom stereocenters. The first-order chi connectivity index (χ1) is 7.29. The van der Waals surface area contributed by atoms with Crippen molar-refractivity contribution < 1.29 is 4.74 Å². The molecule has 0 fully saturated rings. The second-order valence-corrected chi connectivity index (χ2v) is 2.70. The third kappa shape index (κ3) is 3.10. The Hall–Kier alpha value is -1.82. The molecule has 0 aliphatic heterocycles. The Balaban J connectivity index is 2.72. The van der Waals surface area contributed by atoms with E-state index in [1.165, 1.54) is 13.4 Å². The molecule has 0 saturated carbocycles. The zero-order valence-corrected chi connectivity index (χ0v) is 8.49. The summed E-state index contributed by atoms with van der Waals surface area (Å²) >= 11 is 0. The molecule has 6 nitrogen and oxygen atoms in total. The summed E-state index contributed by atoms with van der Waals surface area (Å²) in [5.74, 6) is 0.599. The van der Waals surface area contributed by atoms with Gasteiger partial charge in [-0.15, -0.1) is 0 Å². The van der Waals surface area contributed by atoms with Crippen molar-refractivity contribution in [3.8, 4) is 5.75 Å². The fourth-order valence-corrected chi connectivity index (χ4v) is 1.04. The Kier molecular flexibility index (Phi) is 4.36. The van der Waals surface area contributed by atoms with Crippen LogP contribution in [0.3, 0.4) is 0 Å². The number of ether oxygens (including phenoxy) is 1. The van der Waals surface area contributed by atoms with Crippen LogP contribution in [0.4, 0.5) is 5.82 Å². The monoisotopic (exact) mass is 210 g/mol. The first kappa shape index (κ1) is 11.3. The molecular formula is C9H14N4O2. The topological polar surface area (TPSA) is 93.0 Å². The molecule has 1 aromatic rings. The van der Waals surface area contributed by atoms with Gasteiger partial charge in [-0.25, -0.2) is 4.98 Å². The quantitative estimate of drug-likeness (QED) is 0.580. The average Bonchev–Trinajstić information content (AvgIpc) is 2.24. The molecule has 6 heteroatoms. The van der Waals surface area contributed by atoms with E-state index in [1.807, 2.05) is 12.2 Å². The standard InChI is InChI=1S/C9H14N4O2/c1-15-7-8(11-5-3-2-4-10)12-6-13-9(7)14/h2-3,6H,4-5,10H2,1H3,(H2,11,12,13,14)/b3-2+. The van der Waals surface area contributed by atoms with Gasteiger partial charge in [0.05, 0.1) is 13.4 Å². The SMILES string of the molecule is COc1c(NC/C=C/CN)nc[nH]c1=O. The molecule has 0 amide bonds. The molecule has 0 aliphatic carbocycles. The molecule has 0 saturated heterocycles. The maximum Gasteiger partial charge on any atom is 0.295 e. The smallest absolute Gasteiger partial charge is 0.295 e. The predicted octanol–water partition coefficient (Wildman–Crippen LogP) is -0.295. The first-order valence-electron chi connectivity index (χ1n) is 4.50. The molecule has 15 heavy (non-hydrogen) atoms. The van der Waals surface area contributed by atoms with Crippen LogP contribution in [-0.4, -0.2) is 30.2 Å². The van der Waals surface area contributed by atoms with E-state index in [1.54, 1.807) is 0 Å². The largest absolute Gasteiger partial charge is 0.489 e.